The lowest BCUT2D eigenvalue weighted by Crippen LogP contribution is -2.15. The van der Waals surface area contributed by atoms with Gasteiger partial charge in [-0.2, -0.15) is 13.2 Å². The summed E-state index contributed by atoms with van der Waals surface area (Å²) in [5.74, 6) is 0. The fourth-order valence-electron chi connectivity index (χ4n) is 2.00. The molecule has 106 valence electrons. The Balaban J connectivity index is 2.44. The number of halogens is 4. The van der Waals surface area contributed by atoms with Crippen LogP contribution in [0.3, 0.4) is 0 Å². The van der Waals surface area contributed by atoms with Crippen molar-refractivity contribution in [2.24, 2.45) is 5.73 Å². The molecule has 0 aliphatic carbocycles. The van der Waals surface area contributed by atoms with Gasteiger partial charge in [0.1, 0.15) is 0 Å². The van der Waals surface area contributed by atoms with Gasteiger partial charge in [0.25, 0.3) is 0 Å². The number of benzene rings is 2. The van der Waals surface area contributed by atoms with Crippen molar-refractivity contribution in [1.29, 1.82) is 0 Å². The molecule has 0 aliphatic heterocycles. The third kappa shape index (κ3) is 3.15. The number of aryl methyl sites for hydroxylation is 1. The van der Waals surface area contributed by atoms with E-state index in [9.17, 15) is 13.2 Å². The summed E-state index contributed by atoms with van der Waals surface area (Å²) >= 11 is 2.17. The van der Waals surface area contributed by atoms with Crippen molar-refractivity contribution >= 4 is 22.6 Å². The van der Waals surface area contributed by atoms with Gasteiger partial charge in [-0.25, -0.2) is 0 Å². The zero-order valence-electron chi connectivity index (χ0n) is 10.7. The van der Waals surface area contributed by atoms with E-state index in [0.717, 1.165) is 26.8 Å². The van der Waals surface area contributed by atoms with Gasteiger partial charge < -0.3 is 5.73 Å². The van der Waals surface area contributed by atoms with Crippen molar-refractivity contribution in [2.45, 2.75) is 19.1 Å². The summed E-state index contributed by atoms with van der Waals surface area (Å²) in [5, 5.41) is 0. The molecule has 2 aromatic rings. The predicted molar refractivity (Wildman–Crippen MR) is 81.4 cm³/mol. The Hall–Kier alpha value is -1.08. The maximum Gasteiger partial charge on any atom is 0.416 e. The van der Waals surface area contributed by atoms with Gasteiger partial charge >= 0.3 is 6.18 Å². The SMILES string of the molecule is Cc1cccc(C(N)c2cccc(C(F)(F)F)c2)c1I. The molecule has 2 N–H and O–H groups in total. The largest absolute Gasteiger partial charge is 0.416 e. The van der Waals surface area contributed by atoms with Crippen LogP contribution in [-0.2, 0) is 6.18 Å². The molecule has 2 aromatic carbocycles. The Labute approximate surface area is 129 Å². The average Bonchev–Trinajstić information content (AvgIpc) is 2.40. The smallest absolute Gasteiger partial charge is 0.320 e. The number of alkyl halides is 3. The molecule has 0 saturated heterocycles. The van der Waals surface area contributed by atoms with Crippen LogP contribution >= 0.6 is 22.6 Å². The van der Waals surface area contributed by atoms with E-state index in [0.29, 0.717) is 5.56 Å². The highest BCUT2D eigenvalue weighted by atomic mass is 127. The Bertz CT molecular complexity index is 623. The average molecular weight is 391 g/mol. The van der Waals surface area contributed by atoms with E-state index in [1.165, 1.54) is 6.07 Å². The Morgan fingerprint density at radius 1 is 1.10 bits per heavy atom. The van der Waals surface area contributed by atoms with E-state index < -0.39 is 17.8 Å². The van der Waals surface area contributed by atoms with Crippen LogP contribution in [0.25, 0.3) is 0 Å². The quantitative estimate of drug-likeness (QED) is 0.741. The first-order valence-corrected chi connectivity index (χ1v) is 7.06. The maximum absolute atomic E-state index is 12.7. The second-order valence-electron chi connectivity index (χ2n) is 4.58. The summed E-state index contributed by atoms with van der Waals surface area (Å²) < 4.78 is 39.2. The zero-order valence-corrected chi connectivity index (χ0v) is 12.9. The van der Waals surface area contributed by atoms with Crippen LogP contribution in [0.1, 0.15) is 28.3 Å². The Morgan fingerprint density at radius 3 is 2.40 bits per heavy atom. The molecular formula is C15H13F3IN. The topological polar surface area (TPSA) is 26.0 Å². The van der Waals surface area contributed by atoms with E-state index in [4.69, 9.17) is 5.73 Å². The van der Waals surface area contributed by atoms with Gasteiger partial charge in [-0.3, -0.25) is 0 Å². The van der Waals surface area contributed by atoms with E-state index in [1.807, 2.05) is 25.1 Å². The molecule has 0 aromatic heterocycles. The molecule has 0 fully saturated rings. The van der Waals surface area contributed by atoms with Gasteiger partial charge in [-0.05, 0) is 58.3 Å². The van der Waals surface area contributed by atoms with Crippen molar-refractivity contribution in [3.63, 3.8) is 0 Å². The second-order valence-corrected chi connectivity index (χ2v) is 5.66. The van der Waals surface area contributed by atoms with Gasteiger partial charge in [0, 0.05) is 3.57 Å². The lowest BCUT2D eigenvalue weighted by Gasteiger charge is -2.17. The van der Waals surface area contributed by atoms with E-state index in [2.05, 4.69) is 22.6 Å². The van der Waals surface area contributed by atoms with E-state index in [-0.39, 0.29) is 0 Å². The van der Waals surface area contributed by atoms with E-state index in [1.54, 1.807) is 6.07 Å². The predicted octanol–water partition coefficient (Wildman–Crippen LogP) is 4.67. The molecule has 0 spiro atoms. The number of rotatable bonds is 2. The highest BCUT2D eigenvalue weighted by Gasteiger charge is 2.30. The molecule has 2 rings (SSSR count). The molecule has 20 heavy (non-hydrogen) atoms. The summed E-state index contributed by atoms with van der Waals surface area (Å²) in [6.07, 6.45) is -4.35. The third-order valence-electron chi connectivity index (χ3n) is 3.13. The lowest BCUT2D eigenvalue weighted by molar-refractivity contribution is -0.137. The molecule has 5 heteroatoms. The molecule has 0 heterocycles. The molecular weight excluding hydrogens is 378 g/mol. The molecule has 0 amide bonds. The first-order valence-electron chi connectivity index (χ1n) is 5.98. The monoisotopic (exact) mass is 391 g/mol. The summed E-state index contributed by atoms with van der Waals surface area (Å²) in [6, 6.07) is 10.3. The maximum atomic E-state index is 12.7. The summed E-state index contributed by atoms with van der Waals surface area (Å²) in [5.41, 5.74) is 7.81. The van der Waals surface area contributed by atoms with Crippen molar-refractivity contribution in [2.75, 3.05) is 0 Å². The molecule has 0 saturated carbocycles. The second kappa shape index (κ2) is 5.73. The minimum absolute atomic E-state index is 0.461. The number of nitrogens with two attached hydrogens (primary N) is 1. The lowest BCUT2D eigenvalue weighted by atomic mass is 9.97. The van der Waals surface area contributed by atoms with Gasteiger partial charge in [0.2, 0.25) is 0 Å². The summed E-state index contributed by atoms with van der Waals surface area (Å²) in [4.78, 5) is 0. The van der Waals surface area contributed by atoms with Gasteiger partial charge in [-0.1, -0.05) is 30.3 Å². The fourth-order valence-corrected chi connectivity index (χ4v) is 2.69. The highest BCUT2D eigenvalue weighted by Crippen LogP contribution is 2.32. The first kappa shape index (κ1) is 15.3. The molecule has 1 atom stereocenters. The minimum atomic E-state index is -4.35. The first-order chi connectivity index (χ1) is 9.30. The summed E-state index contributed by atoms with van der Waals surface area (Å²) in [7, 11) is 0. The van der Waals surface area contributed by atoms with Crippen molar-refractivity contribution in [1.82, 2.24) is 0 Å². The standard InChI is InChI=1S/C15H13F3IN/c1-9-4-2-7-12(13(9)19)14(20)10-5-3-6-11(8-10)15(16,17)18/h2-8,14H,20H2,1H3. The van der Waals surface area contributed by atoms with Crippen LogP contribution in [0.2, 0.25) is 0 Å². The summed E-state index contributed by atoms with van der Waals surface area (Å²) in [6.45, 7) is 1.95. The van der Waals surface area contributed by atoms with Gasteiger partial charge in [-0.15, -0.1) is 0 Å². The molecule has 0 radical (unpaired) electrons. The van der Waals surface area contributed by atoms with Crippen LogP contribution in [0.5, 0.6) is 0 Å². The zero-order chi connectivity index (χ0) is 14.9. The van der Waals surface area contributed by atoms with Crippen LogP contribution in [0, 0.1) is 10.5 Å². The van der Waals surface area contributed by atoms with Crippen LogP contribution < -0.4 is 5.73 Å². The van der Waals surface area contributed by atoms with Crippen LogP contribution in [-0.4, -0.2) is 0 Å². The van der Waals surface area contributed by atoms with Crippen LogP contribution in [0.15, 0.2) is 42.5 Å². The Kier molecular flexibility index (Phi) is 4.39. The van der Waals surface area contributed by atoms with Gasteiger partial charge in [0.15, 0.2) is 0 Å². The third-order valence-corrected chi connectivity index (χ3v) is 4.60. The fraction of sp³-hybridized carbons (Fsp3) is 0.200. The van der Waals surface area contributed by atoms with Gasteiger partial charge in [0.05, 0.1) is 11.6 Å². The molecule has 1 nitrogen and oxygen atoms in total. The van der Waals surface area contributed by atoms with Crippen molar-refractivity contribution in [3.05, 3.63) is 68.3 Å². The normalized spacial score (nSPS) is 13.3. The highest BCUT2D eigenvalue weighted by molar-refractivity contribution is 14.1. The molecule has 1 unspecified atom stereocenters. The Morgan fingerprint density at radius 2 is 1.75 bits per heavy atom. The van der Waals surface area contributed by atoms with Crippen molar-refractivity contribution in [3.8, 4) is 0 Å². The number of hydrogen-bond donors (Lipinski definition) is 1. The minimum Gasteiger partial charge on any atom is -0.320 e. The van der Waals surface area contributed by atoms with E-state index >= 15 is 0 Å². The molecule has 0 bridgehead atoms. The number of hydrogen-bond acceptors (Lipinski definition) is 1. The van der Waals surface area contributed by atoms with Crippen molar-refractivity contribution < 1.29 is 13.2 Å². The van der Waals surface area contributed by atoms with Crippen LogP contribution in [0.4, 0.5) is 13.2 Å². The molecule has 0 aliphatic rings.